The van der Waals surface area contributed by atoms with Gasteiger partial charge in [0.25, 0.3) is 10.1 Å². The highest BCUT2D eigenvalue weighted by molar-refractivity contribution is 7.85. The molecule has 0 aliphatic carbocycles. The number of carbonyl (C=O) groups is 1. The van der Waals surface area contributed by atoms with Crippen molar-refractivity contribution in [1.82, 2.24) is 0 Å². The van der Waals surface area contributed by atoms with E-state index < -0.39 is 16.1 Å². The molecule has 2 aromatic carbocycles. The molecule has 0 heterocycles. The van der Waals surface area contributed by atoms with Crippen LogP contribution in [0.25, 0.3) is 0 Å². The quantitative estimate of drug-likeness (QED) is 0.227. The first-order valence-electron chi connectivity index (χ1n) is 8.37. The molecule has 0 unspecified atom stereocenters. The zero-order valence-corrected chi connectivity index (χ0v) is 16.8. The zero-order chi connectivity index (χ0) is 21.3. The van der Waals surface area contributed by atoms with E-state index in [1.54, 1.807) is 24.3 Å². The molecule has 9 heteroatoms. The molecule has 28 heavy (non-hydrogen) atoms. The number of esters is 1. The molecule has 0 aliphatic rings. The summed E-state index contributed by atoms with van der Waals surface area (Å²) in [5.74, 6) is 0.669. The van der Waals surface area contributed by atoms with E-state index in [0.29, 0.717) is 29.2 Å². The lowest BCUT2D eigenvalue weighted by Gasteiger charge is -2.07. The SMILES string of the molecule is CC(C)Cc1ccc(OC(=O)c2ccc(N=C(N)N)cc2)cc1.CS(=O)(=O)O. The second kappa shape index (κ2) is 10.4. The number of carbonyl (C=O) groups excluding carboxylic acids is 1. The fraction of sp³-hybridized carbons (Fsp3) is 0.263. The van der Waals surface area contributed by atoms with E-state index in [0.717, 1.165) is 6.42 Å². The number of ether oxygens (including phenoxy) is 1. The number of guanidine groups is 1. The van der Waals surface area contributed by atoms with Crippen molar-refractivity contribution < 1.29 is 22.5 Å². The smallest absolute Gasteiger partial charge is 0.343 e. The van der Waals surface area contributed by atoms with E-state index in [1.807, 2.05) is 24.3 Å². The lowest BCUT2D eigenvalue weighted by molar-refractivity contribution is 0.0734. The van der Waals surface area contributed by atoms with Crippen molar-refractivity contribution in [2.45, 2.75) is 20.3 Å². The number of aliphatic imine (C=N–C) groups is 1. The van der Waals surface area contributed by atoms with Crippen molar-refractivity contribution in [1.29, 1.82) is 0 Å². The summed E-state index contributed by atoms with van der Waals surface area (Å²) in [4.78, 5) is 16.0. The van der Waals surface area contributed by atoms with E-state index in [1.165, 1.54) is 5.56 Å². The average molecular weight is 407 g/mol. The maximum atomic E-state index is 12.1. The van der Waals surface area contributed by atoms with E-state index >= 15 is 0 Å². The Morgan fingerprint density at radius 1 is 1.07 bits per heavy atom. The number of rotatable bonds is 5. The van der Waals surface area contributed by atoms with Crippen LogP contribution in [0.2, 0.25) is 0 Å². The Bertz CT molecular complexity index is 894. The molecule has 0 amide bonds. The predicted octanol–water partition coefficient (Wildman–Crippen LogP) is 2.51. The molecule has 0 saturated carbocycles. The lowest BCUT2D eigenvalue weighted by Crippen LogP contribution is -2.21. The van der Waals surface area contributed by atoms with Gasteiger partial charge in [-0.15, -0.1) is 0 Å². The van der Waals surface area contributed by atoms with Gasteiger partial charge in [0.2, 0.25) is 0 Å². The van der Waals surface area contributed by atoms with Crippen molar-refractivity contribution in [3.8, 4) is 5.75 Å². The van der Waals surface area contributed by atoms with Gasteiger partial charge in [0, 0.05) is 0 Å². The Hall–Kier alpha value is -2.91. The standard InChI is InChI=1S/C18H21N3O2.CH4O3S/c1-12(2)11-13-3-9-16(10-4-13)23-17(22)14-5-7-15(8-6-14)21-18(19)20;1-5(2,3)4/h3-10,12H,11H2,1-2H3,(H4,19,20,21);1H3,(H,2,3,4). The number of nitrogens with zero attached hydrogens (tertiary/aromatic N) is 1. The Balaban J connectivity index is 0.000000696. The van der Waals surface area contributed by atoms with Crippen LogP contribution in [0, 0.1) is 5.92 Å². The topological polar surface area (TPSA) is 145 Å². The predicted molar refractivity (Wildman–Crippen MR) is 109 cm³/mol. The van der Waals surface area contributed by atoms with Gasteiger partial charge in [-0.05, 0) is 54.3 Å². The Morgan fingerprint density at radius 2 is 1.57 bits per heavy atom. The summed E-state index contributed by atoms with van der Waals surface area (Å²) in [5, 5.41) is 0. The summed E-state index contributed by atoms with van der Waals surface area (Å²) in [6.07, 6.45) is 1.72. The first-order chi connectivity index (χ1) is 12.9. The van der Waals surface area contributed by atoms with Gasteiger partial charge in [-0.1, -0.05) is 26.0 Å². The first-order valence-corrected chi connectivity index (χ1v) is 10.2. The van der Waals surface area contributed by atoms with Crippen molar-refractivity contribution in [3.05, 3.63) is 59.7 Å². The molecule has 0 bridgehead atoms. The molecule has 0 spiro atoms. The molecule has 8 nitrogen and oxygen atoms in total. The molecule has 0 saturated heterocycles. The van der Waals surface area contributed by atoms with E-state index in [2.05, 4.69) is 18.8 Å². The summed E-state index contributed by atoms with van der Waals surface area (Å²) in [5.41, 5.74) is 12.8. The van der Waals surface area contributed by atoms with Crippen LogP contribution in [0.1, 0.15) is 29.8 Å². The molecule has 0 aromatic heterocycles. The highest BCUT2D eigenvalue weighted by atomic mass is 32.2. The summed E-state index contributed by atoms with van der Waals surface area (Å²) >= 11 is 0. The highest BCUT2D eigenvalue weighted by Crippen LogP contribution is 2.18. The normalized spacial score (nSPS) is 10.6. The van der Waals surface area contributed by atoms with Gasteiger partial charge >= 0.3 is 5.97 Å². The van der Waals surface area contributed by atoms with Crippen molar-refractivity contribution in [2.24, 2.45) is 22.4 Å². The van der Waals surface area contributed by atoms with Crippen LogP contribution < -0.4 is 16.2 Å². The highest BCUT2D eigenvalue weighted by Gasteiger charge is 2.09. The van der Waals surface area contributed by atoms with Crippen LogP contribution in [0.15, 0.2) is 53.5 Å². The minimum Gasteiger partial charge on any atom is -0.423 e. The molecule has 2 aromatic rings. The summed E-state index contributed by atoms with van der Waals surface area (Å²) in [6.45, 7) is 4.33. The second-order valence-corrected chi connectivity index (χ2v) is 7.91. The molecular formula is C19H25N3O5S. The van der Waals surface area contributed by atoms with Crippen molar-refractivity contribution in [3.63, 3.8) is 0 Å². The minimum atomic E-state index is -3.67. The van der Waals surface area contributed by atoms with Gasteiger partial charge in [-0.2, -0.15) is 8.42 Å². The van der Waals surface area contributed by atoms with Crippen LogP contribution >= 0.6 is 0 Å². The first kappa shape index (κ1) is 23.1. The molecular weight excluding hydrogens is 382 g/mol. The molecule has 0 atom stereocenters. The van der Waals surface area contributed by atoms with Gasteiger partial charge in [-0.25, -0.2) is 9.79 Å². The van der Waals surface area contributed by atoms with Crippen LogP contribution in [0.4, 0.5) is 5.69 Å². The fourth-order valence-electron chi connectivity index (χ4n) is 2.15. The van der Waals surface area contributed by atoms with E-state index in [9.17, 15) is 13.2 Å². The number of benzene rings is 2. The van der Waals surface area contributed by atoms with Crippen molar-refractivity contribution >= 4 is 27.7 Å². The van der Waals surface area contributed by atoms with Gasteiger partial charge in [0.1, 0.15) is 5.75 Å². The summed E-state index contributed by atoms with van der Waals surface area (Å²) in [7, 11) is -3.67. The third-order valence-electron chi connectivity index (χ3n) is 3.14. The maximum Gasteiger partial charge on any atom is 0.343 e. The van der Waals surface area contributed by atoms with Crippen LogP contribution in [0.5, 0.6) is 5.75 Å². The monoisotopic (exact) mass is 407 g/mol. The number of nitrogens with two attached hydrogens (primary N) is 2. The largest absolute Gasteiger partial charge is 0.423 e. The average Bonchev–Trinajstić information content (AvgIpc) is 2.55. The van der Waals surface area contributed by atoms with E-state index in [-0.39, 0.29) is 5.96 Å². The number of hydrogen-bond donors (Lipinski definition) is 3. The van der Waals surface area contributed by atoms with Crippen LogP contribution in [0.3, 0.4) is 0 Å². The Morgan fingerprint density at radius 3 is 2.00 bits per heavy atom. The summed E-state index contributed by atoms with van der Waals surface area (Å²) in [6, 6.07) is 14.1. The van der Waals surface area contributed by atoms with Gasteiger partial charge in [0.15, 0.2) is 5.96 Å². The van der Waals surface area contributed by atoms with Crippen LogP contribution in [-0.4, -0.2) is 31.2 Å². The van der Waals surface area contributed by atoms with Crippen molar-refractivity contribution in [2.75, 3.05) is 6.26 Å². The maximum absolute atomic E-state index is 12.1. The second-order valence-electron chi connectivity index (χ2n) is 6.45. The molecule has 0 aliphatic heterocycles. The molecule has 0 fully saturated rings. The van der Waals surface area contributed by atoms with Crippen LogP contribution in [-0.2, 0) is 16.5 Å². The Labute approximate surface area is 165 Å². The fourth-order valence-corrected chi connectivity index (χ4v) is 2.15. The number of hydrogen-bond acceptors (Lipinski definition) is 5. The third kappa shape index (κ3) is 10.3. The van der Waals surface area contributed by atoms with E-state index in [4.69, 9.17) is 20.8 Å². The molecule has 2 rings (SSSR count). The summed E-state index contributed by atoms with van der Waals surface area (Å²) < 4.78 is 31.2. The molecule has 5 N–H and O–H groups in total. The Kier molecular flexibility index (Phi) is 8.62. The molecule has 152 valence electrons. The zero-order valence-electron chi connectivity index (χ0n) is 16.0. The third-order valence-corrected chi connectivity index (χ3v) is 3.14. The van der Waals surface area contributed by atoms with Gasteiger partial charge in [0.05, 0.1) is 17.5 Å². The minimum absolute atomic E-state index is 0.0261. The van der Waals surface area contributed by atoms with Gasteiger partial charge in [-0.3, -0.25) is 4.55 Å². The van der Waals surface area contributed by atoms with Gasteiger partial charge < -0.3 is 16.2 Å². The lowest BCUT2D eigenvalue weighted by atomic mass is 10.0. The molecule has 0 radical (unpaired) electrons.